The van der Waals surface area contributed by atoms with Crippen LogP contribution >= 0.6 is 0 Å². The Morgan fingerprint density at radius 1 is 1.12 bits per heavy atom. The molecule has 0 aromatic heterocycles. The first kappa shape index (κ1) is 24.7. The molecule has 0 heterocycles. The van der Waals surface area contributed by atoms with Crippen LogP contribution in [0.2, 0.25) is 0 Å². The zero-order valence-electron chi connectivity index (χ0n) is 14.9. The molecule has 4 nitrogen and oxygen atoms in total. The fourth-order valence-corrected chi connectivity index (χ4v) is 4.69. The second kappa shape index (κ2) is 12.2. The lowest BCUT2D eigenvalue weighted by molar-refractivity contribution is -0.116. The van der Waals surface area contributed by atoms with Crippen molar-refractivity contribution in [1.82, 2.24) is 0 Å². The summed E-state index contributed by atoms with van der Waals surface area (Å²) in [7, 11) is -5.73. The van der Waals surface area contributed by atoms with E-state index in [0.29, 0.717) is 16.7 Å². The standard InChI is InChI=1S/C15H29OS.CHF3O3S/c1-3-4-5-7-10-14(16)13-17(2)15-11-8-6-9-12-15;2-1(3,4)8(5,6)7/h15H,3-13H2,1-2H3;(H,5,6,7)/q+1;/p-1. The summed E-state index contributed by atoms with van der Waals surface area (Å²) in [4.78, 5) is 11.9. The summed E-state index contributed by atoms with van der Waals surface area (Å²) in [6.45, 7) is 2.22. The lowest BCUT2D eigenvalue weighted by Crippen LogP contribution is -2.29. The minimum Gasteiger partial charge on any atom is -0.741 e. The van der Waals surface area contributed by atoms with Crippen molar-refractivity contribution in [3.63, 3.8) is 0 Å². The van der Waals surface area contributed by atoms with Gasteiger partial charge in [-0.2, -0.15) is 13.2 Å². The van der Waals surface area contributed by atoms with Crippen LogP contribution in [0.1, 0.15) is 71.1 Å². The van der Waals surface area contributed by atoms with Gasteiger partial charge < -0.3 is 4.55 Å². The quantitative estimate of drug-likeness (QED) is 0.263. The minimum atomic E-state index is -6.09. The van der Waals surface area contributed by atoms with Crippen LogP contribution in [0.3, 0.4) is 0 Å². The molecular weight excluding hydrogens is 377 g/mol. The monoisotopic (exact) mass is 406 g/mol. The van der Waals surface area contributed by atoms with Gasteiger partial charge >= 0.3 is 5.51 Å². The lowest BCUT2D eigenvalue weighted by atomic mass is 10.0. The van der Waals surface area contributed by atoms with Crippen LogP contribution in [-0.4, -0.2) is 41.5 Å². The maximum atomic E-state index is 11.9. The predicted octanol–water partition coefficient (Wildman–Crippen LogP) is 4.16. The number of carbonyl (C=O) groups excluding carboxylic acids is 1. The normalized spacial score (nSPS) is 17.5. The Morgan fingerprint density at radius 3 is 2.08 bits per heavy atom. The van der Waals surface area contributed by atoms with E-state index >= 15 is 0 Å². The number of rotatable bonds is 8. The fraction of sp³-hybridized carbons (Fsp3) is 0.938. The molecule has 0 amide bonds. The van der Waals surface area contributed by atoms with Crippen molar-refractivity contribution in [2.45, 2.75) is 81.9 Å². The van der Waals surface area contributed by atoms with Crippen LogP contribution in [0.15, 0.2) is 0 Å². The van der Waals surface area contributed by atoms with Gasteiger partial charge in [-0.1, -0.05) is 32.6 Å². The number of hydrogen-bond donors (Lipinski definition) is 0. The number of hydrogen-bond acceptors (Lipinski definition) is 4. The van der Waals surface area contributed by atoms with Gasteiger partial charge in [0.05, 0.1) is 6.26 Å². The Labute approximate surface area is 152 Å². The van der Waals surface area contributed by atoms with Crippen molar-refractivity contribution in [3.05, 3.63) is 0 Å². The number of Topliss-reactive ketones (excluding diaryl/α,β-unsaturated/α-hetero) is 1. The third-order valence-corrected chi connectivity index (χ3v) is 7.06. The number of halogens is 3. The van der Waals surface area contributed by atoms with Gasteiger partial charge in [-0.3, -0.25) is 4.79 Å². The average Bonchev–Trinajstić information content (AvgIpc) is 2.51. The van der Waals surface area contributed by atoms with Gasteiger partial charge in [0.1, 0.15) is 5.25 Å². The van der Waals surface area contributed by atoms with Gasteiger partial charge in [-0.05, 0) is 43.0 Å². The van der Waals surface area contributed by atoms with Crippen LogP contribution in [0.4, 0.5) is 13.2 Å². The predicted molar refractivity (Wildman–Crippen MR) is 94.5 cm³/mol. The first-order valence-electron chi connectivity index (χ1n) is 8.64. The lowest BCUT2D eigenvalue weighted by Gasteiger charge is -2.20. The number of ketones is 1. The van der Waals surface area contributed by atoms with Crippen molar-refractivity contribution in [3.8, 4) is 0 Å². The highest BCUT2D eigenvalue weighted by Crippen LogP contribution is 2.24. The van der Waals surface area contributed by atoms with Gasteiger partial charge in [-0.15, -0.1) is 0 Å². The number of carbonyl (C=O) groups is 1. The average molecular weight is 407 g/mol. The number of unbranched alkanes of at least 4 members (excludes halogenated alkanes) is 3. The molecule has 0 radical (unpaired) electrons. The molecule has 0 saturated heterocycles. The molecule has 1 saturated carbocycles. The molecule has 150 valence electrons. The Balaban J connectivity index is 0.000000609. The van der Waals surface area contributed by atoms with Crippen LogP contribution in [0, 0.1) is 0 Å². The van der Waals surface area contributed by atoms with E-state index in [9.17, 15) is 18.0 Å². The third kappa shape index (κ3) is 11.9. The highest BCUT2D eigenvalue weighted by Gasteiger charge is 2.37. The van der Waals surface area contributed by atoms with E-state index in [1.807, 2.05) is 0 Å². The molecule has 25 heavy (non-hydrogen) atoms. The molecule has 0 aromatic carbocycles. The second-order valence-electron chi connectivity index (χ2n) is 6.34. The Hall–Kier alpha value is -0.280. The first-order chi connectivity index (χ1) is 11.5. The van der Waals surface area contributed by atoms with Crippen LogP contribution in [-0.2, 0) is 25.8 Å². The zero-order chi connectivity index (χ0) is 19.5. The second-order valence-corrected chi connectivity index (χ2v) is 10.1. The minimum absolute atomic E-state index is 0.357. The third-order valence-electron chi connectivity index (χ3n) is 4.10. The molecule has 1 rings (SSSR count). The molecule has 9 heteroatoms. The van der Waals surface area contributed by atoms with E-state index in [0.717, 1.165) is 23.8 Å². The van der Waals surface area contributed by atoms with Gasteiger partial charge in [0, 0.05) is 6.42 Å². The summed E-state index contributed by atoms with van der Waals surface area (Å²) in [5.41, 5.74) is -5.65. The SMILES string of the molecule is CCCCCCC(=O)C[S+](C)C1CCCCC1.O=S(=O)([O-])C(F)(F)F. The molecular formula is C16H29F3O4S2. The van der Waals surface area contributed by atoms with Crippen molar-refractivity contribution in [2.75, 3.05) is 12.0 Å². The fourth-order valence-electron chi connectivity index (χ4n) is 2.66. The molecule has 0 aromatic rings. The molecule has 1 unspecified atom stereocenters. The van der Waals surface area contributed by atoms with Crippen LogP contribution < -0.4 is 0 Å². The summed E-state index contributed by atoms with van der Waals surface area (Å²) in [6.07, 6.45) is 15.0. The molecule has 0 aliphatic heterocycles. The summed E-state index contributed by atoms with van der Waals surface area (Å²) >= 11 is 0. The van der Waals surface area contributed by atoms with Crippen molar-refractivity contribution in [1.29, 1.82) is 0 Å². The number of alkyl halides is 3. The van der Waals surface area contributed by atoms with E-state index < -0.39 is 15.6 Å². The summed E-state index contributed by atoms with van der Waals surface area (Å²) in [5, 5.41) is 0.864. The first-order valence-corrected chi connectivity index (χ1v) is 11.9. The van der Waals surface area contributed by atoms with E-state index in [2.05, 4.69) is 13.2 Å². The van der Waals surface area contributed by atoms with Gasteiger partial charge in [0.2, 0.25) is 0 Å². The molecule has 1 aliphatic carbocycles. The largest absolute Gasteiger partial charge is 0.741 e. The molecule has 1 atom stereocenters. The van der Waals surface area contributed by atoms with E-state index in [-0.39, 0.29) is 0 Å². The van der Waals surface area contributed by atoms with Gasteiger partial charge in [0.25, 0.3) is 0 Å². The zero-order valence-corrected chi connectivity index (χ0v) is 16.6. The molecule has 1 aliphatic rings. The van der Waals surface area contributed by atoms with Gasteiger partial charge in [0.15, 0.2) is 21.7 Å². The maximum absolute atomic E-state index is 11.9. The van der Waals surface area contributed by atoms with Crippen LogP contribution in [0.25, 0.3) is 0 Å². The summed E-state index contributed by atoms with van der Waals surface area (Å²) in [6, 6.07) is 0. The summed E-state index contributed by atoms with van der Waals surface area (Å²) in [5.74, 6) is 1.40. The highest BCUT2D eigenvalue weighted by atomic mass is 32.2. The van der Waals surface area contributed by atoms with Crippen LogP contribution in [0.5, 0.6) is 0 Å². The highest BCUT2D eigenvalue weighted by molar-refractivity contribution is 7.97. The smallest absolute Gasteiger partial charge is 0.485 e. The Morgan fingerprint density at radius 2 is 1.64 bits per heavy atom. The van der Waals surface area contributed by atoms with Crippen molar-refractivity contribution < 1.29 is 30.9 Å². The maximum Gasteiger partial charge on any atom is 0.485 e. The molecule has 0 bridgehead atoms. The van der Waals surface area contributed by atoms with E-state index in [1.54, 1.807) is 0 Å². The van der Waals surface area contributed by atoms with E-state index in [4.69, 9.17) is 13.0 Å². The Kier molecular flexibility index (Phi) is 12.0. The molecule has 0 spiro atoms. The van der Waals surface area contributed by atoms with Crippen molar-refractivity contribution >= 4 is 26.8 Å². The molecule has 0 N–H and O–H groups in total. The van der Waals surface area contributed by atoms with E-state index in [1.165, 1.54) is 51.4 Å². The van der Waals surface area contributed by atoms with Gasteiger partial charge in [-0.25, -0.2) is 8.42 Å². The van der Waals surface area contributed by atoms with Crippen molar-refractivity contribution in [2.24, 2.45) is 0 Å². The molecule has 1 fully saturated rings. The Bertz CT molecular complexity index is 472. The summed E-state index contributed by atoms with van der Waals surface area (Å²) < 4.78 is 58.9. The topological polar surface area (TPSA) is 74.3 Å².